The van der Waals surface area contributed by atoms with Crippen molar-refractivity contribution in [1.29, 1.82) is 0 Å². The van der Waals surface area contributed by atoms with E-state index in [-0.39, 0.29) is 6.04 Å². The van der Waals surface area contributed by atoms with Crippen molar-refractivity contribution in [3.8, 4) is 5.75 Å². The zero-order valence-corrected chi connectivity index (χ0v) is 6.66. The summed E-state index contributed by atoms with van der Waals surface area (Å²) in [5.41, 5.74) is 3.63. The molecule has 0 fully saturated rings. The number of aromatic nitrogens is 1. The summed E-state index contributed by atoms with van der Waals surface area (Å²) >= 11 is 0. The SMILES string of the molecule is NNC1CCOc2cccnc21. The van der Waals surface area contributed by atoms with Crippen molar-refractivity contribution < 1.29 is 4.74 Å². The lowest BCUT2D eigenvalue weighted by molar-refractivity contribution is 0.249. The highest BCUT2D eigenvalue weighted by Crippen LogP contribution is 2.28. The van der Waals surface area contributed by atoms with Crippen LogP contribution in [0.15, 0.2) is 18.3 Å². The topological polar surface area (TPSA) is 60.2 Å². The van der Waals surface area contributed by atoms with Crippen LogP contribution in [0.2, 0.25) is 0 Å². The first-order valence-corrected chi connectivity index (χ1v) is 3.95. The van der Waals surface area contributed by atoms with E-state index in [2.05, 4.69) is 10.4 Å². The van der Waals surface area contributed by atoms with E-state index in [1.165, 1.54) is 0 Å². The van der Waals surface area contributed by atoms with Crippen LogP contribution in [-0.2, 0) is 0 Å². The number of nitrogens with one attached hydrogen (secondary N) is 1. The van der Waals surface area contributed by atoms with E-state index < -0.39 is 0 Å². The minimum absolute atomic E-state index is 0.134. The summed E-state index contributed by atoms with van der Waals surface area (Å²) in [6.07, 6.45) is 2.62. The van der Waals surface area contributed by atoms with Gasteiger partial charge in [0.25, 0.3) is 0 Å². The summed E-state index contributed by atoms with van der Waals surface area (Å²) in [6.45, 7) is 0.702. The minimum atomic E-state index is 0.134. The Morgan fingerprint density at radius 1 is 1.67 bits per heavy atom. The summed E-state index contributed by atoms with van der Waals surface area (Å²) < 4.78 is 5.40. The molecule has 0 saturated carbocycles. The van der Waals surface area contributed by atoms with Gasteiger partial charge in [-0.3, -0.25) is 16.3 Å². The monoisotopic (exact) mass is 165 g/mol. The van der Waals surface area contributed by atoms with Crippen LogP contribution >= 0.6 is 0 Å². The number of ether oxygens (including phenoxy) is 1. The Morgan fingerprint density at radius 3 is 3.42 bits per heavy atom. The second-order valence-electron chi connectivity index (χ2n) is 2.74. The largest absolute Gasteiger partial charge is 0.492 e. The molecule has 4 nitrogen and oxygen atoms in total. The summed E-state index contributed by atoms with van der Waals surface area (Å²) in [5.74, 6) is 6.21. The second-order valence-corrected chi connectivity index (χ2v) is 2.74. The van der Waals surface area contributed by atoms with Crippen molar-refractivity contribution in [2.75, 3.05) is 6.61 Å². The highest BCUT2D eigenvalue weighted by atomic mass is 16.5. The maximum absolute atomic E-state index is 5.40. The average Bonchev–Trinajstić information content (AvgIpc) is 2.17. The van der Waals surface area contributed by atoms with Crippen LogP contribution in [0.5, 0.6) is 5.75 Å². The van der Waals surface area contributed by atoms with Gasteiger partial charge in [0.15, 0.2) is 0 Å². The lowest BCUT2D eigenvalue weighted by atomic mass is 10.1. The van der Waals surface area contributed by atoms with Crippen LogP contribution in [0.3, 0.4) is 0 Å². The zero-order valence-electron chi connectivity index (χ0n) is 6.66. The van der Waals surface area contributed by atoms with Gasteiger partial charge >= 0.3 is 0 Å². The molecule has 12 heavy (non-hydrogen) atoms. The third-order valence-corrected chi connectivity index (χ3v) is 2.00. The van der Waals surface area contributed by atoms with Gasteiger partial charge < -0.3 is 4.74 Å². The molecular formula is C8H11N3O. The molecule has 0 saturated heterocycles. The van der Waals surface area contributed by atoms with Crippen LogP contribution in [0, 0.1) is 0 Å². The molecule has 0 amide bonds. The number of nitrogens with two attached hydrogens (primary N) is 1. The molecular weight excluding hydrogens is 154 g/mol. The van der Waals surface area contributed by atoms with Crippen molar-refractivity contribution >= 4 is 0 Å². The quantitative estimate of drug-likeness (QED) is 0.466. The Labute approximate surface area is 70.7 Å². The Bertz CT molecular complexity index is 277. The molecule has 0 spiro atoms. The van der Waals surface area contributed by atoms with E-state index in [9.17, 15) is 0 Å². The van der Waals surface area contributed by atoms with Gasteiger partial charge in [-0.1, -0.05) is 0 Å². The first-order chi connectivity index (χ1) is 5.92. The van der Waals surface area contributed by atoms with Crippen molar-refractivity contribution in [2.45, 2.75) is 12.5 Å². The molecule has 64 valence electrons. The summed E-state index contributed by atoms with van der Waals surface area (Å²) in [6, 6.07) is 3.90. The smallest absolute Gasteiger partial charge is 0.142 e. The van der Waals surface area contributed by atoms with Crippen molar-refractivity contribution in [3.63, 3.8) is 0 Å². The van der Waals surface area contributed by atoms with Gasteiger partial charge in [-0.15, -0.1) is 0 Å². The first-order valence-electron chi connectivity index (χ1n) is 3.95. The number of hydrazine groups is 1. The Hall–Kier alpha value is -1.13. The summed E-state index contributed by atoms with van der Waals surface area (Å²) in [5, 5.41) is 0. The molecule has 0 bridgehead atoms. The van der Waals surface area contributed by atoms with E-state index >= 15 is 0 Å². The first kappa shape index (κ1) is 7.52. The Balaban J connectivity index is 2.37. The molecule has 1 aliphatic rings. The fourth-order valence-electron chi connectivity index (χ4n) is 1.37. The Kier molecular flexibility index (Phi) is 1.93. The van der Waals surface area contributed by atoms with Gasteiger partial charge in [-0.2, -0.15) is 0 Å². The van der Waals surface area contributed by atoms with Gasteiger partial charge in [-0.05, 0) is 12.1 Å². The fraction of sp³-hybridized carbons (Fsp3) is 0.375. The van der Waals surface area contributed by atoms with E-state index in [1.807, 2.05) is 12.1 Å². The summed E-state index contributed by atoms with van der Waals surface area (Å²) in [7, 11) is 0. The van der Waals surface area contributed by atoms with E-state index in [0.717, 1.165) is 17.9 Å². The van der Waals surface area contributed by atoms with Crippen molar-refractivity contribution in [2.24, 2.45) is 5.84 Å². The predicted molar refractivity (Wildman–Crippen MR) is 44.4 cm³/mol. The molecule has 0 aliphatic carbocycles. The minimum Gasteiger partial charge on any atom is -0.492 e. The molecule has 2 heterocycles. The van der Waals surface area contributed by atoms with Gasteiger partial charge in [0.05, 0.1) is 12.6 Å². The Morgan fingerprint density at radius 2 is 2.58 bits per heavy atom. The van der Waals surface area contributed by atoms with Gasteiger partial charge in [0.1, 0.15) is 11.4 Å². The third-order valence-electron chi connectivity index (χ3n) is 2.00. The maximum Gasteiger partial charge on any atom is 0.142 e. The molecule has 3 N–H and O–H groups in total. The van der Waals surface area contributed by atoms with Crippen molar-refractivity contribution in [3.05, 3.63) is 24.0 Å². The van der Waals surface area contributed by atoms with Crippen LogP contribution in [0.4, 0.5) is 0 Å². The second kappa shape index (κ2) is 3.08. The van der Waals surface area contributed by atoms with Crippen LogP contribution in [0.25, 0.3) is 0 Å². The lowest BCUT2D eigenvalue weighted by Crippen LogP contribution is -2.32. The number of fused-ring (bicyclic) bond motifs is 1. The molecule has 1 aromatic heterocycles. The van der Waals surface area contributed by atoms with Gasteiger partial charge in [0.2, 0.25) is 0 Å². The predicted octanol–water partition coefficient (Wildman–Crippen LogP) is 0.368. The van der Waals surface area contributed by atoms with E-state index in [4.69, 9.17) is 10.6 Å². The molecule has 1 aliphatic heterocycles. The molecule has 2 rings (SSSR count). The standard InChI is InChI=1S/C8H11N3O/c9-11-6-3-5-12-7-2-1-4-10-8(6)7/h1-2,4,6,11H,3,5,9H2. The number of nitrogens with zero attached hydrogens (tertiary/aromatic N) is 1. The number of hydrogen-bond donors (Lipinski definition) is 2. The number of hydrogen-bond acceptors (Lipinski definition) is 4. The zero-order chi connectivity index (χ0) is 8.39. The normalized spacial score (nSPS) is 21.2. The molecule has 4 heteroatoms. The molecule has 1 atom stereocenters. The van der Waals surface area contributed by atoms with Crippen LogP contribution in [0.1, 0.15) is 18.2 Å². The van der Waals surface area contributed by atoms with Crippen LogP contribution in [-0.4, -0.2) is 11.6 Å². The van der Waals surface area contributed by atoms with Gasteiger partial charge in [0, 0.05) is 12.6 Å². The van der Waals surface area contributed by atoms with E-state index in [1.54, 1.807) is 6.20 Å². The van der Waals surface area contributed by atoms with Crippen molar-refractivity contribution in [1.82, 2.24) is 10.4 Å². The fourth-order valence-corrected chi connectivity index (χ4v) is 1.37. The number of pyridine rings is 1. The number of rotatable bonds is 1. The van der Waals surface area contributed by atoms with Crippen LogP contribution < -0.4 is 16.0 Å². The maximum atomic E-state index is 5.40. The lowest BCUT2D eigenvalue weighted by Gasteiger charge is -2.23. The highest BCUT2D eigenvalue weighted by molar-refractivity contribution is 5.30. The molecule has 0 radical (unpaired) electrons. The highest BCUT2D eigenvalue weighted by Gasteiger charge is 2.20. The molecule has 0 aromatic carbocycles. The average molecular weight is 165 g/mol. The summed E-state index contributed by atoms with van der Waals surface area (Å²) in [4.78, 5) is 4.20. The molecule has 1 unspecified atom stereocenters. The third kappa shape index (κ3) is 1.15. The molecule has 1 aromatic rings. The van der Waals surface area contributed by atoms with E-state index in [0.29, 0.717) is 6.61 Å². The van der Waals surface area contributed by atoms with Gasteiger partial charge in [-0.25, -0.2) is 0 Å².